The fourth-order valence-electron chi connectivity index (χ4n) is 2.88. The first-order valence-electron chi connectivity index (χ1n) is 7.78. The van der Waals surface area contributed by atoms with Gasteiger partial charge in [0.2, 0.25) is 0 Å². The number of carbonyl (C=O) groups excluding carboxylic acids is 2. The third-order valence-electron chi connectivity index (χ3n) is 4.04. The molecule has 1 aromatic carbocycles. The minimum Gasteiger partial charge on any atom is -0.463 e. The summed E-state index contributed by atoms with van der Waals surface area (Å²) in [6.45, 7) is 2.08. The summed E-state index contributed by atoms with van der Waals surface area (Å²) >= 11 is 3.45. The van der Waals surface area contributed by atoms with Crippen molar-refractivity contribution in [3.8, 4) is 0 Å². The van der Waals surface area contributed by atoms with Crippen LogP contribution < -0.4 is 5.32 Å². The number of hydrogen-bond acceptors (Lipinski definition) is 3. The van der Waals surface area contributed by atoms with Gasteiger partial charge < -0.3 is 10.1 Å². The van der Waals surface area contributed by atoms with Crippen LogP contribution in [0.15, 0.2) is 41.6 Å². The molecule has 0 bridgehead atoms. The highest BCUT2D eigenvalue weighted by atomic mass is 79.9. The van der Waals surface area contributed by atoms with E-state index >= 15 is 0 Å². The van der Waals surface area contributed by atoms with Gasteiger partial charge in [0.1, 0.15) is 0 Å². The summed E-state index contributed by atoms with van der Waals surface area (Å²) in [5, 5.41) is 3.40. The lowest BCUT2D eigenvalue weighted by Crippen LogP contribution is -2.49. The second kappa shape index (κ2) is 6.74. The van der Waals surface area contributed by atoms with E-state index in [-0.39, 0.29) is 18.0 Å². The maximum atomic E-state index is 12.6. The lowest BCUT2D eigenvalue weighted by molar-refractivity contribution is -0.139. The van der Waals surface area contributed by atoms with Gasteiger partial charge in [-0.25, -0.2) is 9.59 Å². The van der Waals surface area contributed by atoms with E-state index in [1.54, 1.807) is 11.8 Å². The molecule has 1 aliphatic heterocycles. The lowest BCUT2D eigenvalue weighted by atomic mass is 9.95. The minimum absolute atomic E-state index is 0.149. The van der Waals surface area contributed by atoms with E-state index in [9.17, 15) is 9.59 Å². The van der Waals surface area contributed by atoms with Gasteiger partial charge in [-0.2, -0.15) is 0 Å². The largest absolute Gasteiger partial charge is 0.463 e. The Labute approximate surface area is 143 Å². The number of ether oxygens (including phenoxy) is 1. The van der Waals surface area contributed by atoms with Gasteiger partial charge in [0.25, 0.3) is 0 Å². The van der Waals surface area contributed by atoms with E-state index in [0.29, 0.717) is 23.2 Å². The van der Waals surface area contributed by atoms with Crippen molar-refractivity contribution in [1.82, 2.24) is 10.2 Å². The molecule has 0 spiro atoms. The number of esters is 1. The number of allylic oxidation sites excluding steroid dienone is 1. The van der Waals surface area contributed by atoms with E-state index in [4.69, 9.17) is 4.74 Å². The second-order valence-corrected chi connectivity index (χ2v) is 6.17. The van der Waals surface area contributed by atoms with Crippen LogP contribution in [0.5, 0.6) is 0 Å². The van der Waals surface area contributed by atoms with Crippen LogP contribution in [0.25, 0.3) is 0 Å². The van der Waals surface area contributed by atoms with Crippen molar-refractivity contribution in [1.29, 1.82) is 0 Å². The van der Waals surface area contributed by atoms with Gasteiger partial charge in [-0.15, -0.1) is 0 Å². The quantitative estimate of drug-likeness (QED) is 0.632. The fourth-order valence-corrected chi connectivity index (χ4v) is 3.45. The summed E-state index contributed by atoms with van der Waals surface area (Å²) in [5.41, 5.74) is 2.10. The number of carbonyl (C=O) groups is 2. The summed E-state index contributed by atoms with van der Waals surface area (Å²) in [6, 6.07) is 9.06. The predicted octanol–water partition coefficient (Wildman–Crippen LogP) is 3.13. The zero-order valence-corrected chi connectivity index (χ0v) is 14.5. The lowest BCUT2D eigenvalue weighted by Gasteiger charge is -2.36. The molecule has 1 saturated carbocycles. The van der Waals surface area contributed by atoms with Gasteiger partial charge in [-0.3, -0.25) is 4.90 Å². The van der Waals surface area contributed by atoms with Gasteiger partial charge in [0.15, 0.2) is 0 Å². The van der Waals surface area contributed by atoms with Gasteiger partial charge >= 0.3 is 12.0 Å². The molecule has 3 rings (SSSR count). The average molecular weight is 379 g/mol. The Morgan fingerprint density at radius 1 is 1.35 bits per heavy atom. The molecule has 2 aliphatic rings. The predicted molar refractivity (Wildman–Crippen MR) is 90.0 cm³/mol. The number of nitrogens with zero attached hydrogens (tertiary/aromatic N) is 1. The normalized spacial score (nSPS) is 21.2. The molecular weight excluding hydrogens is 360 g/mol. The second-order valence-electron chi connectivity index (χ2n) is 5.61. The van der Waals surface area contributed by atoms with Crippen LogP contribution in [0.1, 0.15) is 31.4 Å². The summed E-state index contributed by atoms with van der Waals surface area (Å²) in [5.74, 6) is -0.374. The number of benzene rings is 1. The van der Waals surface area contributed by atoms with E-state index < -0.39 is 6.04 Å². The molecule has 23 heavy (non-hydrogen) atoms. The zero-order chi connectivity index (χ0) is 16.4. The van der Waals surface area contributed by atoms with Crippen LogP contribution in [0, 0.1) is 0 Å². The Balaban J connectivity index is 2.09. The van der Waals surface area contributed by atoms with Gasteiger partial charge in [-0.05, 0) is 25.3 Å². The van der Waals surface area contributed by atoms with Crippen molar-refractivity contribution in [3.05, 3.63) is 47.2 Å². The molecule has 6 heteroatoms. The molecule has 1 heterocycles. The fraction of sp³-hybridized carbons (Fsp3) is 0.412. The number of nitrogens with one attached hydrogen (secondary N) is 1. The molecule has 0 saturated heterocycles. The van der Waals surface area contributed by atoms with Crippen LogP contribution in [0.3, 0.4) is 0 Å². The highest BCUT2D eigenvalue weighted by Gasteiger charge is 2.43. The minimum atomic E-state index is -0.481. The third kappa shape index (κ3) is 3.13. The average Bonchev–Trinajstić information content (AvgIpc) is 3.39. The van der Waals surface area contributed by atoms with Crippen LogP contribution in [-0.2, 0) is 9.53 Å². The zero-order valence-electron chi connectivity index (χ0n) is 12.9. The SMILES string of the molecule is CCOC(=O)C1=C(CBr)N(C2CC2)C(=O)N[C@H]1c1ccccc1. The van der Waals surface area contributed by atoms with E-state index in [2.05, 4.69) is 21.2 Å². The standard InChI is InChI=1S/C17H19BrN2O3/c1-2-23-16(21)14-13(10-18)20(12-8-9-12)17(22)19-15(14)11-6-4-3-5-7-11/h3-7,12,15H,2,8-10H2,1H3,(H,19,22)/t15-/m0/s1. The molecule has 1 aromatic rings. The molecule has 1 aliphatic carbocycles. The molecule has 5 nitrogen and oxygen atoms in total. The molecule has 122 valence electrons. The molecular formula is C17H19BrN2O3. The number of hydrogen-bond donors (Lipinski definition) is 1. The first kappa shape index (κ1) is 16.1. The Hall–Kier alpha value is -1.82. The summed E-state index contributed by atoms with van der Waals surface area (Å²) in [7, 11) is 0. The van der Waals surface area contributed by atoms with Crippen molar-refractivity contribution in [2.75, 3.05) is 11.9 Å². The van der Waals surface area contributed by atoms with Crippen LogP contribution in [0.4, 0.5) is 4.79 Å². The van der Waals surface area contributed by atoms with Crippen molar-refractivity contribution < 1.29 is 14.3 Å². The van der Waals surface area contributed by atoms with Crippen molar-refractivity contribution in [3.63, 3.8) is 0 Å². The maximum absolute atomic E-state index is 12.6. The maximum Gasteiger partial charge on any atom is 0.338 e. The Morgan fingerprint density at radius 2 is 2.04 bits per heavy atom. The number of rotatable bonds is 5. The summed E-state index contributed by atoms with van der Waals surface area (Å²) in [6.07, 6.45) is 1.94. The van der Waals surface area contributed by atoms with Crippen LogP contribution >= 0.6 is 15.9 Å². The summed E-state index contributed by atoms with van der Waals surface area (Å²) < 4.78 is 5.25. The van der Waals surface area contributed by atoms with Crippen molar-refractivity contribution >= 4 is 27.9 Å². The van der Waals surface area contributed by atoms with Crippen LogP contribution in [0.2, 0.25) is 0 Å². The van der Waals surface area contributed by atoms with Gasteiger partial charge in [0, 0.05) is 17.1 Å². The third-order valence-corrected chi connectivity index (χ3v) is 4.57. The van der Waals surface area contributed by atoms with E-state index in [1.807, 2.05) is 30.3 Å². The van der Waals surface area contributed by atoms with Crippen molar-refractivity contribution in [2.45, 2.75) is 31.8 Å². The molecule has 0 aromatic heterocycles. The molecule has 1 N–H and O–H groups in total. The van der Waals surface area contributed by atoms with E-state index in [0.717, 1.165) is 18.4 Å². The molecule has 2 amide bonds. The molecule has 1 fully saturated rings. The molecule has 0 radical (unpaired) electrons. The number of halogens is 1. The Bertz CT molecular complexity index is 640. The van der Waals surface area contributed by atoms with Crippen molar-refractivity contribution in [2.24, 2.45) is 0 Å². The number of alkyl halides is 1. The van der Waals surface area contributed by atoms with Gasteiger partial charge in [0.05, 0.1) is 18.2 Å². The summed E-state index contributed by atoms with van der Waals surface area (Å²) in [4.78, 5) is 26.8. The molecule has 1 atom stereocenters. The Morgan fingerprint density at radius 3 is 2.61 bits per heavy atom. The van der Waals surface area contributed by atoms with Gasteiger partial charge in [-0.1, -0.05) is 46.3 Å². The first-order valence-corrected chi connectivity index (χ1v) is 8.90. The highest BCUT2D eigenvalue weighted by Crippen LogP contribution is 2.38. The topological polar surface area (TPSA) is 58.6 Å². The number of urea groups is 1. The first-order chi connectivity index (χ1) is 11.2. The van der Waals surface area contributed by atoms with Crippen LogP contribution in [-0.4, -0.2) is 34.9 Å². The number of amides is 2. The highest BCUT2D eigenvalue weighted by molar-refractivity contribution is 9.09. The van der Waals surface area contributed by atoms with E-state index in [1.165, 1.54) is 0 Å². The monoisotopic (exact) mass is 378 g/mol. The molecule has 0 unspecified atom stereocenters. The Kier molecular flexibility index (Phi) is 4.71. The smallest absolute Gasteiger partial charge is 0.338 e.